The van der Waals surface area contributed by atoms with E-state index in [0.717, 1.165) is 25.7 Å². The lowest BCUT2D eigenvalue weighted by molar-refractivity contribution is -0.532. The lowest BCUT2D eigenvalue weighted by Crippen LogP contribution is -2.30. The maximum atomic E-state index is 10.6. The standard InChI is InChI=1S/C9H14N2O2/c10-7-6-9(11(12)13)8-4-2-1-3-5-8/h8-9H,1-6H2. The van der Waals surface area contributed by atoms with E-state index >= 15 is 0 Å². The molecule has 0 N–H and O–H groups in total. The van der Waals surface area contributed by atoms with Gasteiger partial charge in [0.25, 0.3) is 0 Å². The average Bonchev–Trinajstić information content (AvgIpc) is 2.15. The molecule has 1 rings (SSSR count). The molecule has 1 atom stereocenters. The van der Waals surface area contributed by atoms with Crippen LogP contribution in [0.15, 0.2) is 0 Å². The molecule has 72 valence electrons. The van der Waals surface area contributed by atoms with Crippen LogP contribution < -0.4 is 0 Å². The first-order chi connectivity index (χ1) is 6.25. The Morgan fingerprint density at radius 2 is 2.08 bits per heavy atom. The van der Waals surface area contributed by atoms with Gasteiger partial charge in [-0.3, -0.25) is 10.1 Å². The lowest BCUT2D eigenvalue weighted by atomic mass is 9.83. The molecule has 0 aromatic heterocycles. The van der Waals surface area contributed by atoms with Gasteiger partial charge < -0.3 is 0 Å². The van der Waals surface area contributed by atoms with E-state index in [1.807, 2.05) is 6.07 Å². The second-order valence-corrected chi connectivity index (χ2v) is 3.61. The molecule has 1 fully saturated rings. The number of nitro groups is 1. The van der Waals surface area contributed by atoms with Crippen LogP contribution in [0.4, 0.5) is 0 Å². The molecular weight excluding hydrogens is 168 g/mol. The maximum absolute atomic E-state index is 10.6. The van der Waals surface area contributed by atoms with Crippen molar-refractivity contribution in [2.45, 2.75) is 44.6 Å². The SMILES string of the molecule is N#CCC(C1CCCCC1)[N+](=O)[O-]. The van der Waals surface area contributed by atoms with Crippen LogP contribution in [0.2, 0.25) is 0 Å². The van der Waals surface area contributed by atoms with E-state index in [2.05, 4.69) is 0 Å². The Hall–Kier alpha value is -1.11. The summed E-state index contributed by atoms with van der Waals surface area (Å²) in [4.78, 5) is 10.4. The summed E-state index contributed by atoms with van der Waals surface area (Å²) in [6, 6.07) is 1.28. The van der Waals surface area contributed by atoms with Gasteiger partial charge in [-0.25, -0.2) is 0 Å². The van der Waals surface area contributed by atoms with E-state index in [1.165, 1.54) is 6.42 Å². The third kappa shape index (κ3) is 2.69. The number of rotatable bonds is 3. The minimum absolute atomic E-state index is 0.0671. The molecular formula is C9H14N2O2. The fraction of sp³-hybridized carbons (Fsp3) is 0.889. The molecule has 0 spiro atoms. The van der Waals surface area contributed by atoms with Gasteiger partial charge in [0.1, 0.15) is 6.42 Å². The highest BCUT2D eigenvalue weighted by Crippen LogP contribution is 2.28. The van der Waals surface area contributed by atoms with E-state index in [9.17, 15) is 10.1 Å². The van der Waals surface area contributed by atoms with Crippen molar-refractivity contribution in [3.8, 4) is 6.07 Å². The molecule has 4 heteroatoms. The molecule has 0 aromatic rings. The highest BCUT2D eigenvalue weighted by atomic mass is 16.6. The fourth-order valence-electron chi connectivity index (χ4n) is 2.03. The quantitative estimate of drug-likeness (QED) is 0.496. The molecule has 0 amide bonds. The van der Waals surface area contributed by atoms with Crippen molar-refractivity contribution < 1.29 is 4.92 Å². The highest BCUT2D eigenvalue weighted by molar-refractivity contribution is 4.82. The van der Waals surface area contributed by atoms with Crippen molar-refractivity contribution in [1.29, 1.82) is 5.26 Å². The minimum Gasteiger partial charge on any atom is -0.264 e. The Labute approximate surface area is 77.7 Å². The van der Waals surface area contributed by atoms with Crippen molar-refractivity contribution in [2.75, 3.05) is 0 Å². The van der Waals surface area contributed by atoms with E-state index in [-0.39, 0.29) is 17.3 Å². The lowest BCUT2D eigenvalue weighted by Gasteiger charge is -2.22. The summed E-state index contributed by atoms with van der Waals surface area (Å²) in [5.74, 6) is 0.142. The van der Waals surface area contributed by atoms with Gasteiger partial charge in [-0.2, -0.15) is 5.26 Å². The van der Waals surface area contributed by atoms with E-state index in [0.29, 0.717) is 0 Å². The van der Waals surface area contributed by atoms with Crippen LogP contribution in [0.5, 0.6) is 0 Å². The van der Waals surface area contributed by atoms with E-state index in [4.69, 9.17) is 5.26 Å². The largest absolute Gasteiger partial charge is 0.264 e. The smallest absolute Gasteiger partial charge is 0.228 e. The first kappa shape index (κ1) is 9.97. The second-order valence-electron chi connectivity index (χ2n) is 3.61. The molecule has 4 nitrogen and oxygen atoms in total. The van der Waals surface area contributed by atoms with Gasteiger partial charge in [-0.15, -0.1) is 0 Å². The molecule has 0 heterocycles. The molecule has 0 saturated heterocycles. The summed E-state index contributed by atoms with van der Waals surface area (Å²) in [6.45, 7) is 0. The van der Waals surface area contributed by atoms with Crippen molar-refractivity contribution in [2.24, 2.45) is 5.92 Å². The Morgan fingerprint density at radius 3 is 2.54 bits per heavy atom. The van der Waals surface area contributed by atoms with Crippen LogP contribution in [0, 0.1) is 27.4 Å². The Morgan fingerprint density at radius 1 is 1.46 bits per heavy atom. The van der Waals surface area contributed by atoms with E-state index < -0.39 is 6.04 Å². The summed E-state index contributed by atoms with van der Waals surface area (Å²) >= 11 is 0. The minimum atomic E-state index is -0.620. The molecule has 0 aromatic carbocycles. The predicted molar refractivity (Wildman–Crippen MR) is 47.6 cm³/mol. The van der Waals surface area contributed by atoms with Crippen LogP contribution in [-0.4, -0.2) is 11.0 Å². The molecule has 0 radical (unpaired) electrons. The first-order valence-electron chi connectivity index (χ1n) is 4.76. The Kier molecular flexibility index (Phi) is 3.69. The Bertz CT molecular complexity index is 216. The van der Waals surface area contributed by atoms with Crippen LogP contribution >= 0.6 is 0 Å². The molecule has 0 bridgehead atoms. The molecule has 1 saturated carbocycles. The third-order valence-corrected chi connectivity index (χ3v) is 2.77. The maximum Gasteiger partial charge on any atom is 0.228 e. The van der Waals surface area contributed by atoms with Crippen molar-refractivity contribution >= 4 is 0 Å². The zero-order valence-corrected chi connectivity index (χ0v) is 7.61. The fourth-order valence-corrected chi connectivity index (χ4v) is 2.03. The van der Waals surface area contributed by atoms with Gasteiger partial charge in [-0.1, -0.05) is 19.3 Å². The van der Waals surface area contributed by atoms with Crippen molar-refractivity contribution in [3.05, 3.63) is 10.1 Å². The van der Waals surface area contributed by atoms with Gasteiger partial charge in [0.15, 0.2) is 0 Å². The number of nitrogens with zero attached hydrogens (tertiary/aromatic N) is 2. The molecule has 13 heavy (non-hydrogen) atoms. The van der Waals surface area contributed by atoms with Gasteiger partial charge in [-0.05, 0) is 12.8 Å². The summed E-state index contributed by atoms with van der Waals surface area (Å²) in [5.41, 5.74) is 0. The second kappa shape index (κ2) is 4.80. The van der Waals surface area contributed by atoms with Crippen molar-refractivity contribution in [3.63, 3.8) is 0 Å². The molecule has 0 aliphatic heterocycles. The van der Waals surface area contributed by atoms with E-state index in [1.54, 1.807) is 0 Å². The van der Waals surface area contributed by atoms with Crippen LogP contribution in [0.25, 0.3) is 0 Å². The van der Waals surface area contributed by atoms with Gasteiger partial charge in [0.05, 0.1) is 6.07 Å². The summed E-state index contributed by atoms with van der Waals surface area (Å²) in [5, 5.41) is 19.1. The normalized spacial score (nSPS) is 20.5. The summed E-state index contributed by atoms with van der Waals surface area (Å²) in [6.07, 6.45) is 5.27. The molecule has 1 aliphatic rings. The summed E-state index contributed by atoms with van der Waals surface area (Å²) in [7, 11) is 0. The van der Waals surface area contributed by atoms with Crippen LogP contribution in [0.1, 0.15) is 38.5 Å². The van der Waals surface area contributed by atoms with Gasteiger partial charge >= 0.3 is 0 Å². The Balaban J connectivity index is 2.52. The molecule has 1 unspecified atom stereocenters. The van der Waals surface area contributed by atoms with Crippen LogP contribution in [-0.2, 0) is 0 Å². The zero-order chi connectivity index (χ0) is 9.68. The number of hydrogen-bond acceptors (Lipinski definition) is 3. The monoisotopic (exact) mass is 182 g/mol. The molecule has 1 aliphatic carbocycles. The predicted octanol–water partition coefficient (Wildman–Crippen LogP) is 2.13. The van der Waals surface area contributed by atoms with Gasteiger partial charge in [0.2, 0.25) is 6.04 Å². The topological polar surface area (TPSA) is 66.9 Å². The first-order valence-corrected chi connectivity index (χ1v) is 4.76. The van der Waals surface area contributed by atoms with Crippen LogP contribution in [0.3, 0.4) is 0 Å². The average molecular weight is 182 g/mol. The van der Waals surface area contributed by atoms with Gasteiger partial charge in [0, 0.05) is 10.8 Å². The summed E-state index contributed by atoms with van der Waals surface area (Å²) < 4.78 is 0. The number of hydrogen-bond donors (Lipinski definition) is 0. The zero-order valence-electron chi connectivity index (χ0n) is 7.61. The highest BCUT2D eigenvalue weighted by Gasteiger charge is 2.31. The third-order valence-electron chi connectivity index (χ3n) is 2.77. The van der Waals surface area contributed by atoms with Crippen molar-refractivity contribution in [1.82, 2.24) is 0 Å². The number of nitriles is 1.